The van der Waals surface area contributed by atoms with E-state index < -0.39 is 0 Å². The van der Waals surface area contributed by atoms with Crippen LogP contribution in [0.4, 0.5) is 5.82 Å². The second-order valence-corrected chi connectivity index (χ2v) is 8.51. The fourth-order valence-corrected chi connectivity index (χ4v) is 4.21. The van der Waals surface area contributed by atoms with Gasteiger partial charge in [0.2, 0.25) is 5.91 Å². The first-order valence-electron chi connectivity index (χ1n) is 10.6. The molecule has 1 amide bonds. The summed E-state index contributed by atoms with van der Waals surface area (Å²) in [6.45, 7) is 6.49. The molecule has 0 spiro atoms. The minimum absolute atomic E-state index is 0.138. The van der Waals surface area contributed by atoms with Gasteiger partial charge in [-0.05, 0) is 51.1 Å². The van der Waals surface area contributed by atoms with E-state index in [9.17, 15) is 4.79 Å². The highest BCUT2D eigenvalue weighted by Gasteiger charge is 2.18. The van der Waals surface area contributed by atoms with Crippen LogP contribution in [0.3, 0.4) is 0 Å². The molecule has 4 aromatic rings. The molecule has 4 rings (SSSR count). The molecule has 0 saturated heterocycles. The van der Waals surface area contributed by atoms with Crippen molar-refractivity contribution in [3.05, 3.63) is 65.9 Å². The van der Waals surface area contributed by atoms with Gasteiger partial charge in [0.1, 0.15) is 11.6 Å². The molecule has 0 atom stereocenters. The lowest BCUT2D eigenvalue weighted by Crippen LogP contribution is -2.16. The molecule has 8 nitrogen and oxygen atoms in total. The number of carbonyl (C=O) groups is 1. The second-order valence-electron chi connectivity index (χ2n) is 7.57. The van der Waals surface area contributed by atoms with Crippen LogP contribution < -0.4 is 10.1 Å². The number of nitrogens with one attached hydrogen (secondary N) is 1. The zero-order chi connectivity index (χ0) is 23.4. The van der Waals surface area contributed by atoms with E-state index in [1.165, 1.54) is 11.8 Å². The third kappa shape index (κ3) is 5.25. The number of aryl methyl sites for hydroxylation is 3. The highest BCUT2D eigenvalue weighted by Crippen LogP contribution is 2.29. The molecule has 2 aromatic heterocycles. The molecule has 0 unspecified atom stereocenters. The van der Waals surface area contributed by atoms with Crippen molar-refractivity contribution < 1.29 is 9.53 Å². The van der Waals surface area contributed by atoms with Crippen molar-refractivity contribution in [2.45, 2.75) is 25.9 Å². The maximum absolute atomic E-state index is 12.6. The first-order valence-corrected chi connectivity index (χ1v) is 11.6. The van der Waals surface area contributed by atoms with E-state index in [-0.39, 0.29) is 11.7 Å². The molecule has 0 aliphatic carbocycles. The average molecular weight is 463 g/mol. The summed E-state index contributed by atoms with van der Waals surface area (Å²) in [6.07, 6.45) is 0. The molecule has 0 bridgehead atoms. The van der Waals surface area contributed by atoms with Gasteiger partial charge in [0.15, 0.2) is 11.0 Å². The number of hydrogen-bond acceptors (Lipinski definition) is 6. The Morgan fingerprint density at radius 2 is 1.88 bits per heavy atom. The van der Waals surface area contributed by atoms with Crippen LogP contribution in [0.25, 0.3) is 17.1 Å². The summed E-state index contributed by atoms with van der Waals surface area (Å²) >= 11 is 1.33. The van der Waals surface area contributed by atoms with Crippen molar-refractivity contribution in [2.24, 2.45) is 7.05 Å². The average Bonchev–Trinajstić information content (AvgIpc) is 3.35. The molecular formula is C24H26N6O2S. The lowest BCUT2D eigenvalue weighted by Gasteiger charge is -2.12. The first kappa shape index (κ1) is 22.6. The van der Waals surface area contributed by atoms with Crippen LogP contribution >= 0.6 is 11.8 Å². The number of aromatic nitrogens is 5. The van der Waals surface area contributed by atoms with Crippen molar-refractivity contribution >= 4 is 23.5 Å². The van der Waals surface area contributed by atoms with Crippen molar-refractivity contribution in [2.75, 3.05) is 17.7 Å². The largest absolute Gasteiger partial charge is 0.494 e. The highest BCUT2D eigenvalue weighted by molar-refractivity contribution is 7.99. The summed E-state index contributed by atoms with van der Waals surface area (Å²) in [5.74, 6) is 2.22. The molecule has 0 saturated carbocycles. The molecule has 0 radical (unpaired) electrons. The molecule has 0 aliphatic heterocycles. The van der Waals surface area contributed by atoms with Crippen LogP contribution in [0.1, 0.15) is 18.2 Å². The molecule has 33 heavy (non-hydrogen) atoms. The Morgan fingerprint density at radius 1 is 1.09 bits per heavy atom. The lowest BCUT2D eigenvalue weighted by atomic mass is 10.1. The van der Waals surface area contributed by atoms with Crippen LogP contribution in [0, 0.1) is 13.8 Å². The van der Waals surface area contributed by atoms with Gasteiger partial charge in [-0.3, -0.25) is 14.0 Å². The summed E-state index contributed by atoms with van der Waals surface area (Å²) < 4.78 is 9.20. The van der Waals surface area contributed by atoms with Gasteiger partial charge in [0.25, 0.3) is 0 Å². The fraction of sp³-hybridized carbons (Fsp3) is 0.250. The van der Waals surface area contributed by atoms with Gasteiger partial charge in [-0.25, -0.2) is 0 Å². The number of hydrogen-bond donors (Lipinski definition) is 1. The lowest BCUT2D eigenvalue weighted by molar-refractivity contribution is -0.113. The van der Waals surface area contributed by atoms with E-state index in [0.29, 0.717) is 23.4 Å². The smallest absolute Gasteiger partial charge is 0.235 e. The number of benzene rings is 2. The zero-order valence-electron chi connectivity index (χ0n) is 19.1. The maximum Gasteiger partial charge on any atom is 0.235 e. The molecular weight excluding hydrogens is 436 g/mol. The second kappa shape index (κ2) is 9.91. The van der Waals surface area contributed by atoms with Crippen molar-refractivity contribution in [1.29, 1.82) is 0 Å². The Kier molecular flexibility index (Phi) is 6.79. The minimum atomic E-state index is -0.138. The van der Waals surface area contributed by atoms with Gasteiger partial charge < -0.3 is 10.1 Å². The molecule has 0 fully saturated rings. The monoisotopic (exact) mass is 462 g/mol. The minimum Gasteiger partial charge on any atom is -0.494 e. The van der Waals surface area contributed by atoms with E-state index >= 15 is 0 Å². The van der Waals surface area contributed by atoms with Crippen molar-refractivity contribution in [1.82, 2.24) is 24.5 Å². The van der Waals surface area contributed by atoms with Gasteiger partial charge in [-0.2, -0.15) is 5.10 Å². The highest BCUT2D eigenvalue weighted by atomic mass is 32.2. The molecule has 0 aliphatic rings. The predicted octanol–water partition coefficient (Wildman–Crippen LogP) is 4.41. The maximum atomic E-state index is 12.6. The summed E-state index contributed by atoms with van der Waals surface area (Å²) in [5.41, 5.74) is 3.83. The molecule has 2 aromatic carbocycles. The Morgan fingerprint density at radius 3 is 2.55 bits per heavy atom. The van der Waals surface area contributed by atoms with E-state index in [2.05, 4.69) is 26.7 Å². The number of carbonyl (C=O) groups excluding carboxylic acids is 1. The number of amides is 1. The molecule has 170 valence electrons. The topological polar surface area (TPSA) is 86.9 Å². The summed E-state index contributed by atoms with van der Waals surface area (Å²) in [4.78, 5) is 12.6. The van der Waals surface area contributed by atoms with Gasteiger partial charge in [-0.15, -0.1) is 10.2 Å². The molecule has 1 N–H and O–H groups in total. The van der Waals surface area contributed by atoms with Crippen LogP contribution in [0.5, 0.6) is 5.75 Å². The number of anilines is 1. The Labute approximate surface area is 197 Å². The third-order valence-electron chi connectivity index (χ3n) is 4.92. The zero-order valence-corrected chi connectivity index (χ0v) is 19.9. The summed E-state index contributed by atoms with van der Waals surface area (Å²) in [5, 5.41) is 16.6. The quantitative estimate of drug-likeness (QED) is 0.390. The third-order valence-corrected chi connectivity index (χ3v) is 5.85. The number of rotatable bonds is 8. The van der Waals surface area contributed by atoms with Crippen molar-refractivity contribution in [3.63, 3.8) is 0 Å². The SMILES string of the molecule is CCOc1ccc(-n2c(SCC(=O)Nc3cc(C)nn3C)nnc2-c2cccc(C)c2)cc1. The molecule has 2 heterocycles. The van der Waals surface area contributed by atoms with E-state index in [4.69, 9.17) is 4.74 Å². The Hall–Kier alpha value is -3.59. The van der Waals surface area contributed by atoms with Crippen LogP contribution in [0.2, 0.25) is 0 Å². The first-order chi connectivity index (χ1) is 15.9. The van der Waals surface area contributed by atoms with E-state index in [1.54, 1.807) is 11.7 Å². The summed E-state index contributed by atoms with van der Waals surface area (Å²) in [6, 6.07) is 17.7. The van der Waals surface area contributed by atoms with Crippen LogP contribution in [-0.2, 0) is 11.8 Å². The fourth-order valence-electron chi connectivity index (χ4n) is 3.46. The summed E-state index contributed by atoms with van der Waals surface area (Å²) in [7, 11) is 1.80. The Bertz CT molecular complexity index is 1260. The predicted molar refractivity (Wildman–Crippen MR) is 130 cm³/mol. The number of thioether (sulfide) groups is 1. The number of nitrogens with zero attached hydrogens (tertiary/aromatic N) is 5. The van der Waals surface area contributed by atoms with Gasteiger partial charge in [-0.1, -0.05) is 35.5 Å². The Balaban J connectivity index is 1.62. The standard InChI is InChI=1S/C24H26N6O2S/c1-5-32-20-11-9-19(10-12-20)30-23(18-8-6-7-16(2)13-18)26-27-24(30)33-15-22(31)25-21-14-17(3)28-29(21)4/h6-14H,5,15H2,1-4H3,(H,25,31). The van der Waals surface area contributed by atoms with E-state index in [0.717, 1.165) is 28.3 Å². The van der Waals surface area contributed by atoms with E-state index in [1.807, 2.05) is 73.9 Å². The van der Waals surface area contributed by atoms with Crippen molar-refractivity contribution in [3.8, 4) is 22.8 Å². The van der Waals surface area contributed by atoms with Gasteiger partial charge in [0.05, 0.1) is 18.1 Å². The van der Waals surface area contributed by atoms with Gasteiger partial charge in [0, 0.05) is 24.4 Å². The van der Waals surface area contributed by atoms with Crippen LogP contribution in [0.15, 0.2) is 59.8 Å². The van der Waals surface area contributed by atoms with Gasteiger partial charge >= 0.3 is 0 Å². The number of ether oxygens (including phenoxy) is 1. The normalized spacial score (nSPS) is 10.9. The van der Waals surface area contributed by atoms with Crippen LogP contribution in [-0.4, -0.2) is 42.8 Å². The molecule has 9 heteroatoms.